The summed E-state index contributed by atoms with van der Waals surface area (Å²) < 4.78 is 11.0. The quantitative estimate of drug-likeness (QED) is 0.806. The molecule has 0 bridgehead atoms. The molecule has 6 heteroatoms. The molecule has 1 saturated heterocycles. The molecule has 2 rings (SSSR count). The van der Waals surface area contributed by atoms with Crippen LogP contribution in [0.5, 0.6) is 0 Å². The molecule has 2 unspecified atom stereocenters. The molecule has 6 nitrogen and oxygen atoms in total. The monoisotopic (exact) mass is 282 g/mol. The van der Waals surface area contributed by atoms with E-state index < -0.39 is 0 Å². The van der Waals surface area contributed by atoms with Crippen LogP contribution < -0.4 is 5.32 Å². The van der Waals surface area contributed by atoms with Crippen molar-refractivity contribution in [3.05, 3.63) is 11.7 Å². The number of aromatic nitrogens is 2. The Bertz CT molecular complexity index is 394. The summed E-state index contributed by atoms with van der Waals surface area (Å²) in [5, 5.41) is 7.65. The Balaban J connectivity index is 1.96. The Kier molecular flexibility index (Phi) is 5.94. The van der Waals surface area contributed by atoms with Gasteiger partial charge in [-0.15, -0.1) is 0 Å². The zero-order chi connectivity index (χ0) is 14.4. The predicted molar refractivity (Wildman–Crippen MR) is 76.8 cm³/mol. The zero-order valence-electron chi connectivity index (χ0n) is 12.8. The lowest BCUT2D eigenvalue weighted by atomic mass is 9.95. The lowest BCUT2D eigenvalue weighted by molar-refractivity contribution is 0.0498. The van der Waals surface area contributed by atoms with Crippen molar-refractivity contribution in [1.29, 1.82) is 0 Å². The first-order chi connectivity index (χ1) is 9.70. The Morgan fingerprint density at radius 1 is 1.40 bits per heavy atom. The fraction of sp³-hybridized carbons (Fsp3) is 0.857. The third kappa shape index (κ3) is 4.26. The van der Waals surface area contributed by atoms with Gasteiger partial charge in [0, 0.05) is 25.6 Å². The Labute approximate surface area is 120 Å². The molecule has 2 atom stereocenters. The van der Waals surface area contributed by atoms with Crippen LogP contribution in [0, 0.1) is 0 Å². The second kappa shape index (κ2) is 7.71. The summed E-state index contributed by atoms with van der Waals surface area (Å²) in [5.41, 5.74) is 0. The first-order valence-corrected chi connectivity index (χ1v) is 7.49. The van der Waals surface area contributed by atoms with E-state index in [0.717, 1.165) is 44.8 Å². The maximum Gasteiger partial charge on any atom is 0.233 e. The Morgan fingerprint density at radius 2 is 2.25 bits per heavy atom. The van der Waals surface area contributed by atoms with E-state index in [0.29, 0.717) is 18.5 Å². The normalized spacial score (nSPS) is 23.4. The van der Waals surface area contributed by atoms with Crippen LogP contribution in [0.3, 0.4) is 0 Å². The number of likely N-dealkylation sites (N-methyl/N-ethyl adjacent to an activating group) is 1. The molecule has 1 fully saturated rings. The van der Waals surface area contributed by atoms with Gasteiger partial charge in [0.15, 0.2) is 5.82 Å². The van der Waals surface area contributed by atoms with Crippen LogP contribution in [0.1, 0.15) is 37.4 Å². The van der Waals surface area contributed by atoms with E-state index in [9.17, 15) is 0 Å². The number of nitrogens with one attached hydrogen (secondary N) is 1. The molecular formula is C14H26N4O2. The summed E-state index contributed by atoms with van der Waals surface area (Å²) in [5.74, 6) is 1.68. The first kappa shape index (κ1) is 15.4. The van der Waals surface area contributed by atoms with E-state index in [2.05, 4.69) is 27.3 Å². The molecule has 1 aliphatic heterocycles. The van der Waals surface area contributed by atoms with E-state index in [-0.39, 0.29) is 5.92 Å². The van der Waals surface area contributed by atoms with Gasteiger partial charge in [-0.2, -0.15) is 4.98 Å². The molecule has 1 aromatic rings. The maximum absolute atomic E-state index is 5.58. The van der Waals surface area contributed by atoms with Gasteiger partial charge < -0.3 is 19.5 Å². The van der Waals surface area contributed by atoms with Crippen molar-refractivity contribution in [2.45, 2.75) is 38.1 Å². The van der Waals surface area contributed by atoms with Crippen LogP contribution >= 0.6 is 0 Å². The maximum atomic E-state index is 5.58. The van der Waals surface area contributed by atoms with Gasteiger partial charge in [-0.25, -0.2) is 0 Å². The molecule has 1 aromatic heterocycles. The van der Waals surface area contributed by atoms with Gasteiger partial charge >= 0.3 is 0 Å². The van der Waals surface area contributed by atoms with Crippen LogP contribution in [0.15, 0.2) is 4.52 Å². The standard InChI is InChI=1S/C14H26N4O2/c1-4-7-15-12-6-9-19-10-11(12)14-16-13(17-20-14)5-8-18(2)3/h11-12,15H,4-10H2,1-3H3. The van der Waals surface area contributed by atoms with E-state index in [1.54, 1.807) is 0 Å². The average molecular weight is 282 g/mol. The molecule has 1 aliphatic rings. The molecule has 1 N–H and O–H groups in total. The second-order valence-electron chi connectivity index (χ2n) is 5.63. The highest BCUT2D eigenvalue weighted by Gasteiger charge is 2.31. The van der Waals surface area contributed by atoms with E-state index in [1.165, 1.54) is 0 Å². The van der Waals surface area contributed by atoms with E-state index >= 15 is 0 Å². The number of nitrogens with zero attached hydrogens (tertiary/aromatic N) is 3. The van der Waals surface area contributed by atoms with Gasteiger partial charge in [0.2, 0.25) is 5.89 Å². The number of hydrogen-bond donors (Lipinski definition) is 1. The van der Waals surface area contributed by atoms with Gasteiger partial charge in [0.25, 0.3) is 0 Å². The van der Waals surface area contributed by atoms with Crippen molar-refractivity contribution in [2.75, 3.05) is 40.4 Å². The average Bonchev–Trinajstić information content (AvgIpc) is 2.92. The van der Waals surface area contributed by atoms with Crippen molar-refractivity contribution in [2.24, 2.45) is 0 Å². The summed E-state index contributed by atoms with van der Waals surface area (Å²) >= 11 is 0. The topological polar surface area (TPSA) is 63.4 Å². The van der Waals surface area contributed by atoms with Crippen LogP contribution in [-0.2, 0) is 11.2 Å². The summed E-state index contributed by atoms with van der Waals surface area (Å²) in [6, 6.07) is 0.380. The highest BCUT2D eigenvalue weighted by Crippen LogP contribution is 2.24. The first-order valence-electron chi connectivity index (χ1n) is 7.49. The SMILES string of the molecule is CCCNC1CCOCC1c1nc(CCN(C)C)no1. The molecule has 0 saturated carbocycles. The van der Waals surface area contributed by atoms with Gasteiger partial charge in [-0.05, 0) is 33.5 Å². The smallest absolute Gasteiger partial charge is 0.233 e. The van der Waals surface area contributed by atoms with Gasteiger partial charge in [-0.1, -0.05) is 12.1 Å². The highest BCUT2D eigenvalue weighted by atomic mass is 16.5. The number of hydrogen-bond acceptors (Lipinski definition) is 6. The Morgan fingerprint density at radius 3 is 3.00 bits per heavy atom. The van der Waals surface area contributed by atoms with Crippen molar-refractivity contribution in [3.8, 4) is 0 Å². The lowest BCUT2D eigenvalue weighted by Gasteiger charge is -2.29. The Hall–Kier alpha value is -0.980. The minimum atomic E-state index is 0.177. The van der Waals surface area contributed by atoms with Crippen molar-refractivity contribution >= 4 is 0 Å². The van der Waals surface area contributed by atoms with Crippen LogP contribution in [0.4, 0.5) is 0 Å². The molecule has 20 heavy (non-hydrogen) atoms. The van der Waals surface area contributed by atoms with Crippen LogP contribution in [-0.4, -0.2) is 61.5 Å². The lowest BCUT2D eigenvalue weighted by Crippen LogP contribution is -2.41. The molecule has 0 aliphatic carbocycles. The molecule has 114 valence electrons. The molecular weight excluding hydrogens is 256 g/mol. The highest BCUT2D eigenvalue weighted by molar-refractivity contribution is 5.01. The fourth-order valence-electron chi connectivity index (χ4n) is 2.40. The van der Waals surface area contributed by atoms with Crippen molar-refractivity contribution < 1.29 is 9.26 Å². The third-order valence-electron chi connectivity index (χ3n) is 3.60. The summed E-state index contributed by atoms with van der Waals surface area (Å²) in [7, 11) is 4.08. The van der Waals surface area contributed by atoms with Crippen molar-refractivity contribution in [1.82, 2.24) is 20.4 Å². The van der Waals surface area contributed by atoms with E-state index in [4.69, 9.17) is 9.26 Å². The number of ether oxygens (including phenoxy) is 1. The second-order valence-corrected chi connectivity index (χ2v) is 5.63. The summed E-state index contributed by atoms with van der Waals surface area (Å²) in [6.45, 7) is 5.59. The molecule has 2 heterocycles. The summed E-state index contributed by atoms with van der Waals surface area (Å²) in [4.78, 5) is 6.66. The van der Waals surface area contributed by atoms with E-state index in [1.807, 2.05) is 14.1 Å². The van der Waals surface area contributed by atoms with Crippen LogP contribution in [0.2, 0.25) is 0 Å². The molecule has 0 aromatic carbocycles. The largest absolute Gasteiger partial charge is 0.381 e. The fourth-order valence-corrected chi connectivity index (χ4v) is 2.40. The van der Waals surface area contributed by atoms with Gasteiger partial charge in [-0.3, -0.25) is 0 Å². The molecule has 0 radical (unpaired) electrons. The minimum absolute atomic E-state index is 0.177. The predicted octanol–water partition coefficient (Wildman–Crippen LogP) is 1.05. The zero-order valence-corrected chi connectivity index (χ0v) is 12.8. The summed E-state index contributed by atoms with van der Waals surface area (Å²) in [6.07, 6.45) is 2.94. The number of rotatable bonds is 7. The molecule has 0 spiro atoms. The van der Waals surface area contributed by atoms with Gasteiger partial charge in [0.1, 0.15) is 0 Å². The van der Waals surface area contributed by atoms with Gasteiger partial charge in [0.05, 0.1) is 12.5 Å². The third-order valence-corrected chi connectivity index (χ3v) is 3.60. The van der Waals surface area contributed by atoms with Crippen LogP contribution in [0.25, 0.3) is 0 Å². The molecule has 0 amide bonds. The minimum Gasteiger partial charge on any atom is -0.381 e. The van der Waals surface area contributed by atoms with Crippen molar-refractivity contribution in [3.63, 3.8) is 0 Å².